The molecule has 1 aliphatic heterocycles. The third-order valence-electron chi connectivity index (χ3n) is 4.39. The lowest BCUT2D eigenvalue weighted by Gasteiger charge is -2.30. The van der Waals surface area contributed by atoms with E-state index in [4.69, 9.17) is 0 Å². The molecular weight excluding hydrogens is 262 g/mol. The van der Waals surface area contributed by atoms with Crippen molar-refractivity contribution in [2.45, 2.75) is 46.0 Å². The van der Waals surface area contributed by atoms with Crippen LogP contribution in [0.25, 0.3) is 0 Å². The fourth-order valence-corrected chi connectivity index (χ4v) is 2.71. The maximum atomic E-state index is 12.1. The summed E-state index contributed by atoms with van der Waals surface area (Å²) in [4.78, 5) is 26.1. The van der Waals surface area contributed by atoms with Gasteiger partial charge in [0.05, 0.1) is 0 Å². The Kier molecular flexibility index (Phi) is 5.54. The fraction of sp³-hybridized carbons (Fsp3) is 0.556. The Morgan fingerprint density at radius 2 is 1.71 bits per heavy atom. The number of Topliss-reactive ketones (excluding diaryl/α,β-unsaturated/α-hetero) is 1. The summed E-state index contributed by atoms with van der Waals surface area (Å²) in [6, 6.07) is 7.71. The van der Waals surface area contributed by atoms with Crippen LogP contribution in [-0.4, -0.2) is 29.7 Å². The summed E-state index contributed by atoms with van der Waals surface area (Å²) in [5.74, 6) is 0.907. The zero-order valence-corrected chi connectivity index (χ0v) is 13.1. The number of benzene rings is 1. The molecule has 21 heavy (non-hydrogen) atoms. The lowest BCUT2D eigenvalue weighted by Crippen LogP contribution is -2.38. The number of aryl methyl sites for hydroxylation is 1. The van der Waals surface area contributed by atoms with Crippen LogP contribution < -0.4 is 0 Å². The maximum absolute atomic E-state index is 12.1. The van der Waals surface area contributed by atoms with Crippen molar-refractivity contribution >= 4 is 11.7 Å². The van der Waals surface area contributed by atoms with Gasteiger partial charge in [0.25, 0.3) is 0 Å². The lowest BCUT2D eigenvalue weighted by molar-refractivity contribution is -0.132. The van der Waals surface area contributed by atoms with Crippen LogP contribution in [0.5, 0.6) is 0 Å². The maximum Gasteiger partial charge on any atom is 0.223 e. The first kappa shape index (κ1) is 15.7. The normalized spacial score (nSPS) is 16.0. The highest BCUT2D eigenvalue weighted by atomic mass is 16.2. The summed E-state index contributed by atoms with van der Waals surface area (Å²) < 4.78 is 0. The first-order valence-corrected chi connectivity index (χ1v) is 8.00. The molecular formula is C18H25NO2. The van der Waals surface area contributed by atoms with E-state index in [2.05, 4.69) is 13.8 Å². The van der Waals surface area contributed by atoms with Gasteiger partial charge in [0, 0.05) is 31.5 Å². The second-order valence-corrected chi connectivity index (χ2v) is 6.04. The Labute approximate surface area is 127 Å². The zero-order valence-electron chi connectivity index (χ0n) is 13.1. The summed E-state index contributed by atoms with van der Waals surface area (Å²) >= 11 is 0. The summed E-state index contributed by atoms with van der Waals surface area (Å²) in [6.07, 6.45) is 3.79. The molecule has 0 bridgehead atoms. The number of nitrogens with zero attached hydrogens (tertiary/aromatic N) is 1. The summed E-state index contributed by atoms with van der Waals surface area (Å²) in [5.41, 5.74) is 1.94. The molecule has 1 heterocycles. The molecule has 1 aromatic carbocycles. The highest BCUT2D eigenvalue weighted by molar-refractivity contribution is 5.97. The third-order valence-corrected chi connectivity index (χ3v) is 4.39. The van der Waals surface area contributed by atoms with Gasteiger partial charge in [0.2, 0.25) is 5.91 Å². The summed E-state index contributed by atoms with van der Waals surface area (Å²) in [6.45, 7) is 6.01. The van der Waals surface area contributed by atoms with Crippen LogP contribution in [0.3, 0.4) is 0 Å². The minimum absolute atomic E-state index is 0.0661. The average Bonchev–Trinajstić information content (AvgIpc) is 2.53. The van der Waals surface area contributed by atoms with E-state index in [1.165, 1.54) is 5.56 Å². The molecule has 1 fully saturated rings. The third kappa shape index (κ3) is 4.42. The van der Waals surface area contributed by atoms with E-state index in [0.717, 1.165) is 32.4 Å². The van der Waals surface area contributed by atoms with E-state index in [1.54, 1.807) is 0 Å². The molecule has 1 amide bonds. The molecule has 2 rings (SSSR count). The van der Waals surface area contributed by atoms with Crippen molar-refractivity contribution in [3.05, 3.63) is 35.4 Å². The largest absolute Gasteiger partial charge is 0.343 e. The van der Waals surface area contributed by atoms with Gasteiger partial charge < -0.3 is 4.90 Å². The Bertz CT molecular complexity index is 484. The topological polar surface area (TPSA) is 37.4 Å². The number of likely N-dealkylation sites (tertiary alicyclic amines) is 1. The first-order valence-electron chi connectivity index (χ1n) is 8.00. The lowest BCUT2D eigenvalue weighted by atomic mass is 9.98. The van der Waals surface area contributed by atoms with Crippen LogP contribution in [0, 0.1) is 5.92 Å². The van der Waals surface area contributed by atoms with Gasteiger partial charge in [-0.25, -0.2) is 0 Å². The van der Waals surface area contributed by atoms with Crippen LogP contribution in [-0.2, 0) is 11.2 Å². The van der Waals surface area contributed by atoms with Gasteiger partial charge in [0.15, 0.2) is 5.78 Å². The van der Waals surface area contributed by atoms with Gasteiger partial charge >= 0.3 is 0 Å². The minimum atomic E-state index is 0.0661. The fourth-order valence-electron chi connectivity index (χ4n) is 2.71. The molecule has 3 heteroatoms. The van der Waals surface area contributed by atoms with Crippen LogP contribution in [0.1, 0.15) is 55.5 Å². The Morgan fingerprint density at radius 1 is 1.10 bits per heavy atom. The van der Waals surface area contributed by atoms with Gasteiger partial charge in [-0.3, -0.25) is 9.59 Å². The molecule has 0 unspecified atom stereocenters. The number of carbonyl (C=O) groups is 2. The van der Waals surface area contributed by atoms with Crippen LogP contribution >= 0.6 is 0 Å². The second kappa shape index (κ2) is 7.39. The highest BCUT2D eigenvalue weighted by Gasteiger charge is 2.20. The summed E-state index contributed by atoms with van der Waals surface area (Å²) in [5, 5.41) is 0. The van der Waals surface area contributed by atoms with Gasteiger partial charge in [-0.2, -0.15) is 0 Å². The van der Waals surface area contributed by atoms with Crippen molar-refractivity contribution in [2.24, 2.45) is 5.92 Å². The van der Waals surface area contributed by atoms with Crippen molar-refractivity contribution < 1.29 is 9.59 Å². The minimum Gasteiger partial charge on any atom is -0.343 e. The van der Waals surface area contributed by atoms with E-state index in [9.17, 15) is 9.59 Å². The molecule has 0 spiro atoms. The molecule has 3 nitrogen and oxygen atoms in total. The van der Waals surface area contributed by atoms with E-state index in [-0.39, 0.29) is 11.7 Å². The average molecular weight is 287 g/mol. The molecule has 1 saturated heterocycles. The molecule has 0 radical (unpaired) electrons. The van der Waals surface area contributed by atoms with Crippen LogP contribution in [0.2, 0.25) is 0 Å². The molecule has 0 N–H and O–H groups in total. The molecule has 114 valence electrons. The molecule has 1 aromatic rings. The van der Waals surface area contributed by atoms with Crippen molar-refractivity contribution in [3.63, 3.8) is 0 Å². The zero-order chi connectivity index (χ0) is 15.2. The SMILES string of the molecule is CCc1ccc(C(=O)CCC(=O)N2CCC(C)CC2)cc1. The number of carbonyl (C=O) groups excluding carboxylic acids is 2. The predicted octanol–water partition coefficient (Wildman–Crippen LogP) is 3.47. The van der Waals surface area contributed by atoms with Crippen LogP contribution in [0.4, 0.5) is 0 Å². The quantitative estimate of drug-likeness (QED) is 0.778. The Balaban J connectivity index is 1.81. The Hall–Kier alpha value is -1.64. The second-order valence-electron chi connectivity index (χ2n) is 6.04. The number of rotatable bonds is 5. The van der Waals surface area contributed by atoms with Crippen molar-refractivity contribution in [1.29, 1.82) is 0 Å². The predicted molar refractivity (Wildman–Crippen MR) is 84.4 cm³/mol. The van der Waals surface area contributed by atoms with Gasteiger partial charge in [0.1, 0.15) is 0 Å². The molecule has 1 aliphatic rings. The standard InChI is InChI=1S/C18H25NO2/c1-3-15-4-6-16(7-5-15)17(20)8-9-18(21)19-12-10-14(2)11-13-19/h4-7,14H,3,8-13H2,1-2H3. The first-order chi connectivity index (χ1) is 10.1. The molecule has 0 atom stereocenters. The van der Waals surface area contributed by atoms with Gasteiger partial charge in [-0.15, -0.1) is 0 Å². The monoisotopic (exact) mass is 287 g/mol. The van der Waals surface area contributed by atoms with Crippen LogP contribution in [0.15, 0.2) is 24.3 Å². The number of amides is 1. The molecule has 0 aliphatic carbocycles. The van der Waals surface area contributed by atoms with Gasteiger partial charge in [-0.1, -0.05) is 38.1 Å². The van der Waals surface area contributed by atoms with Gasteiger partial charge in [-0.05, 0) is 30.7 Å². The van der Waals surface area contributed by atoms with Crippen molar-refractivity contribution in [3.8, 4) is 0 Å². The highest BCUT2D eigenvalue weighted by Crippen LogP contribution is 2.17. The number of piperidine rings is 1. The summed E-state index contributed by atoms with van der Waals surface area (Å²) in [7, 11) is 0. The van der Waals surface area contributed by atoms with E-state index in [1.807, 2.05) is 29.2 Å². The van der Waals surface area contributed by atoms with E-state index in [0.29, 0.717) is 24.3 Å². The van der Waals surface area contributed by atoms with Crippen molar-refractivity contribution in [1.82, 2.24) is 4.90 Å². The number of hydrogen-bond acceptors (Lipinski definition) is 2. The van der Waals surface area contributed by atoms with E-state index < -0.39 is 0 Å². The van der Waals surface area contributed by atoms with Crippen molar-refractivity contribution in [2.75, 3.05) is 13.1 Å². The smallest absolute Gasteiger partial charge is 0.223 e. The van der Waals surface area contributed by atoms with E-state index >= 15 is 0 Å². The molecule has 0 aromatic heterocycles. The number of ketones is 1. The Morgan fingerprint density at radius 3 is 2.29 bits per heavy atom. The molecule has 0 saturated carbocycles. The number of hydrogen-bond donors (Lipinski definition) is 0.